The lowest BCUT2D eigenvalue weighted by molar-refractivity contribution is -0.125. The Balaban J connectivity index is 1.09. The van der Waals surface area contributed by atoms with E-state index < -0.39 is 5.97 Å². The molecule has 0 unspecified atom stereocenters. The van der Waals surface area contributed by atoms with Crippen molar-refractivity contribution in [3.05, 3.63) is 120 Å². The number of fused-ring (bicyclic) bond motifs is 1. The number of piperidine rings is 1. The molecular weight excluding hydrogens is 524 g/mol. The van der Waals surface area contributed by atoms with E-state index in [4.69, 9.17) is 14.7 Å². The number of aromatic nitrogens is 2. The number of esters is 1. The zero-order chi connectivity index (χ0) is 28.7. The van der Waals surface area contributed by atoms with Gasteiger partial charge in [0.25, 0.3) is 5.91 Å². The Morgan fingerprint density at radius 1 is 0.738 bits per heavy atom. The Morgan fingerprint density at radius 3 is 1.93 bits per heavy atom. The molecule has 2 heterocycles. The van der Waals surface area contributed by atoms with Crippen molar-refractivity contribution < 1.29 is 14.3 Å². The average Bonchev–Trinajstić information content (AvgIpc) is 3.05. The molecule has 0 radical (unpaired) electrons. The predicted molar refractivity (Wildman–Crippen MR) is 164 cm³/mol. The van der Waals surface area contributed by atoms with Crippen molar-refractivity contribution in [2.45, 2.75) is 25.4 Å². The van der Waals surface area contributed by atoms with E-state index >= 15 is 0 Å². The van der Waals surface area contributed by atoms with Crippen LogP contribution in [0.5, 0.6) is 0 Å². The highest BCUT2D eigenvalue weighted by atomic mass is 16.5. The Bertz CT molecular complexity index is 1670. The summed E-state index contributed by atoms with van der Waals surface area (Å²) in [6.45, 7) is 2.41. The normalized spacial score (nSPS) is 14.0. The highest BCUT2D eigenvalue weighted by molar-refractivity contribution is 5.96. The molecule has 210 valence electrons. The van der Waals surface area contributed by atoms with Crippen molar-refractivity contribution in [2.24, 2.45) is 0 Å². The van der Waals surface area contributed by atoms with Gasteiger partial charge in [-0.25, -0.2) is 14.8 Å². The fourth-order valence-electron chi connectivity index (χ4n) is 5.34. The third kappa shape index (κ3) is 6.53. The number of rotatable bonds is 8. The van der Waals surface area contributed by atoms with Gasteiger partial charge in [-0.3, -0.25) is 9.69 Å². The zero-order valence-electron chi connectivity index (χ0n) is 23.3. The van der Waals surface area contributed by atoms with Crippen LogP contribution in [0.4, 0.5) is 0 Å². The quantitative estimate of drug-likeness (QED) is 0.240. The van der Waals surface area contributed by atoms with Gasteiger partial charge in [-0.15, -0.1) is 0 Å². The van der Waals surface area contributed by atoms with Crippen LogP contribution >= 0.6 is 0 Å². The highest BCUT2D eigenvalue weighted by Crippen LogP contribution is 2.31. The second-order valence-electron chi connectivity index (χ2n) is 10.5. The van der Waals surface area contributed by atoms with Gasteiger partial charge in [0.05, 0.1) is 28.0 Å². The summed E-state index contributed by atoms with van der Waals surface area (Å²) in [5.41, 5.74) is 6.26. The molecule has 1 amide bonds. The first-order chi connectivity index (χ1) is 20.6. The van der Waals surface area contributed by atoms with Gasteiger partial charge in [-0.2, -0.15) is 0 Å². The van der Waals surface area contributed by atoms with Crippen LogP contribution in [0.3, 0.4) is 0 Å². The first-order valence-corrected chi connectivity index (χ1v) is 14.3. The fraction of sp³-hybridized carbons (Fsp3) is 0.200. The minimum atomic E-state index is -0.570. The van der Waals surface area contributed by atoms with Gasteiger partial charge in [0.15, 0.2) is 6.61 Å². The number of nitrogens with one attached hydrogen (secondary N) is 1. The van der Waals surface area contributed by atoms with Crippen molar-refractivity contribution in [1.29, 1.82) is 0 Å². The molecule has 1 saturated heterocycles. The number of amides is 1. The van der Waals surface area contributed by atoms with E-state index in [1.165, 1.54) is 5.56 Å². The number of ether oxygens (including phenoxy) is 1. The summed E-state index contributed by atoms with van der Waals surface area (Å²) in [6.07, 6.45) is 1.73. The van der Waals surface area contributed by atoms with Gasteiger partial charge < -0.3 is 10.1 Å². The molecule has 1 fully saturated rings. The lowest BCUT2D eigenvalue weighted by Gasteiger charge is -2.32. The van der Waals surface area contributed by atoms with E-state index in [-0.39, 0.29) is 18.6 Å². The van der Waals surface area contributed by atoms with Crippen molar-refractivity contribution in [3.8, 4) is 22.5 Å². The molecule has 1 aliphatic rings. The monoisotopic (exact) mass is 556 g/mol. The lowest BCUT2D eigenvalue weighted by atomic mass is 10.0. The van der Waals surface area contributed by atoms with Crippen molar-refractivity contribution >= 4 is 22.9 Å². The SMILES string of the molecule is O=C(COC(=O)c1ccc2nc(-c3ccccc3)c(-c3ccccc3)nc2c1)NC1CCN(Cc2ccccc2)CC1. The van der Waals surface area contributed by atoms with E-state index in [0.29, 0.717) is 16.6 Å². The van der Waals surface area contributed by atoms with Gasteiger partial charge in [-0.05, 0) is 36.6 Å². The minimum absolute atomic E-state index is 0.0781. The molecule has 7 nitrogen and oxygen atoms in total. The average molecular weight is 557 g/mol. The molecule has 0 saturated carbocycles. The number of hydrogen-bond acceptors (Lipinski definition) is 6. The van der Waals surface area contributed by atoms with E-state index in [9.17, 15) is 9.59 Å². The van der Waals surface area contributed by atoms with Crippen molar-refractivity contribution in [3.63, 3.8) is 0 Å². The van der Waals surface area contributed by atoms with Crippen LogP contribution in [0.25, 0.3) is 33.5 Å². The van der Waals surface area contributed by atoms with E-state index in [1.54, 1.807) is 18.2 Å². The molecular formula is C35H32N4O3. The van der Waals surface area contributed by atoms with Gasteiger partial charge in [0.2, 0.25) is 0 Å². The van der Waals surface area contributed by atoms with Gasteiger partial charge >= 0.3 is 5.97 Å². The van der Waals surface area contributed by atoms with Crippen LogP contribution < -0.4 is 5.32 Å². The Kier molecular flexibility index (Phi) is 8.28. The molecule has 7 heteroatoms. The van der Waals surface area contributed by atoms with Crippen LogP contribution in [0.15, 0.2) is 109 Å². The maximum atomic E-state index is 12.9. The Morgan fingerprint density at radius 2 is 1.31 bits per heavy atom. The second-order valence-corrected chi connectivity index (χ2v) is 10.5. The number of benzene rings is 4. The van der Waals surface area contributed by atoms with Crippen LogP contribution in [-0.4, -0.2) is 52.5 Å². The molecule has 5 aromatic rings. The topological polar surface area (TPSA) is 84.4 Å². The first-order valence-electron chi connectivity index (χ1n) is 14.3. The van der Waals surface area contributed by atoms with E-state index in [0.717, 1.165) is 55.0 Å². The Labute approximate surface area is 245 Å². The maximum absolute atomic E-state index is 12.9. The third-order valence-electron chi connectivity index (χ3n) is 7.53. The summed E-state index contributed by atoms with van der Waals surface area (Å²) < 4.78 is 5.38. The van der Waals surface area contributed by atoms with Gasteiger partial charge in [-0.1, -0.05) is 91.0 Å². The summed E-state index contributed by atoms with van der Waals surface area (Å²) in [6, 6.07) is 35.4. The summed E-state index contributed by atoms with van der Waals surface area (Å²) in [7, 11) is 0. The van der Waals surface area contributed by atoms with Gasteiger partial charge in [0, 0.05) is 36.8 Å². The number of likely N-dealkylation sites (tertiary alicyclic amines) is 1. The minimum Gasteiger partial charge on any atom is -0.452 e. The molecule has 0 bridgehead atoms. The van der Waals surface area contributed by atoms with E-state index in [1.807, 2.05) is 66.7 Å². The van der Waals surface area contributed by atoms with E-state index in [2.05, 4.69) is 34.5 Å². The fourth-order valence-corrected chi connectivity index (χ4v) is 5.34. The predicted octanol–water partition coefficient (Wildman–Crippen LogP) is 5.90. The number of carbonyl (C=O) groups excluding carboxylic acids is 2. The molecule has 0 aliphatic carbocycles. The molecule has 4 aromatic carbocycles. The Hall–Kier alpha value is -4.88. The molecule has 1 aromatic heterocycles. The number of nitrogens with zero attached hydrogens (tertiary/aromatic N) is 3. The molecule has 0 spiro atoms. The highest BCUT2D eigenvalue weighted by Gasteiger charge is 2.22. The first kappa shape index (κ1) is 27.3. The van der Waals surface area contributed by atoms with Crippen LogP contribution in [-0.2, 0) is 16.1 Å². The number of carbonyl (C=O) groups is 2. The molecule has 6 rings (SSSR count). The van der Waals surface area contributed by atoms with Crippen molar-refractivity contribution in [1.82, 2.24) is 20.2 Å². The molecule has 1 aliphatic heterocycles. The summed E-state index contributed by atoms with van der Waals surface area (Å²) in [4.78, 5) is 37.7. The van der Waals surface area contributed by atoms with Crippen LogP contribution in [0.1, 0.15) is 28.8 Å². The third-order valence-corrected chi connectivity index (χ3v) is 7.53. The zero-order valence-corrected chi connectivity index (χ0v) is 23.3. The molecule has 0 atom stereocenters. The van der Waals surface area contributed by atoms with Crippen LogP contribution in [0.2, 0.25) is 0 Å². The second kappa shape index (κ2) is 12.7. The molecule has 1 N–H and O–H groups in total. The smallest absolute Gasteiger partial charge is 0.338 e. The van der Waals surface area contributed by atoms with Crippen LogP contribution in [0, 0.1) is 0 Å². The van der Waals surface area contributed by atoms with Gasteiger partial charge in [0.1, 0.15) is 0 Å². The standard InChI is InChI=1S/C35H32N4O3/c40-32(36-29-18-20-39(21-19-29)23-25-10-4-1-5-11-25)24-42-35(41)28-16-17-30-31(22-28)38-34(27-14-8-3-9-15-27)33(37-30)26-12-6-2-7-13-26/h1-17,22,29H,18-21,23-24H2,(H,36,40). The number of hydrogen-bond donors (Lipinski definition) is 1. The molecule has 42 heavy (non-hydrogen) atoms. The lowest BCUT2D eigenvalue weighted by Crippen LogP contribution is -2.45. The summed E-state index contributed by atoms with van der Waals surface area (Å²) in [5, 5.41) is 3.02. The maximum Gasteiger partial charge on any atom is 0.338 e. The largest absolute Gasteiger partial charge is 0.452 e. The summed E-state index contributed by atoms with van der Waals surface area (Å²) in [5.74, 6) is -0.857. The summed E-state index contributed by atoms with van der Waals surface area (Å²) >= 11 is 0. The van der Waals surface area contributed by atoms with Crippen molar-refractivity contribution in [2.75, 3.05) is 19.7 Å².